The van der Waals surface area contributed by atoms with Crippen LogP contribution < -0.4 is 5.32 Å². The molecular weight excluding hydrogens is 402 g/mol. The third-order valence-electron chi connectivity index (χ3n) is 6.22. The number of benzene rings is 2. The summed E-state index contributed by atoms with van der Waals surface area (Å²) in [5.74, 6) is -0.0972. The average Bonchev–Trinajstić information content (AvgIpc) is 3.35. The van der Waals surface area contributed by atoms with Crippen LogP contribution in [0.3, 0.4) is 0 Å². The van der Waals surface area contributed by atoms with Crippen molar-refractivity contribution in [2.75, 3.05) is 32.8 Å². The van der Waals surface area contributed by atoms with Gasteiger partial charge in [0.05, 0.1) is 19.1 Å². The van der Waals surface area contributed by atoms with Gasteiger partial charge in [0.1, 0.15) is 6.04 Å². The summed E-state index contributed by atoms with van der Waals surface area (Å²) < 4.78 is 5.88. The molecule has 0 spiro atoms. The van der Waals surface area contributed by atoms with Gasteiger partial charge in [-0.2, -0.15) is 0 Å². The van der Waals surface area contributed by atoms with E-state index in [1.54, 1.807) is 0 Å². The van der Waals surface area contributed by atoms with Crippen LogP contribution in [0.5, 0.6) is 0 Å². The first-order valence-corrected chi connectivity index (χ1v) is 11.7. The van der Waals surface area contributed by atoms with Crippen LogP contribution in [0.1, 0.15) is 30.4 Å². The van der Waals surface area contributed by atoms with Crippen molar-refractivity contribution in [2.24, 2.45) is 0 Å². The standard InChI is InChI=1S/C26H33N3O3/c30-25(18-23-20-28(15-16-32-23)19-22-11-5-2-6-12-22)27-24(17-21-9-3-1-4-10-21)26(31)29-13-7-8-14-29/h1-6,9-12,23-24H,7-8,13-20H2,(H,27,30). The highest BCUT2D eigenvalue weighted by molar-refractivity contribution is 5.88. The molecule has 0 radical (unpaired) electrons. The predicted octanol–water partition coefficient (Wildman–Crippen LogP) is 2.63. The van der Waals surface area contributed by atoms with Crippen LogP contribution in [-0.2, 0) is 27.3 Å². The van der Waals surface area contributed by atoms with Crippen molar-refractivity contribution in [3.63, 3.8) is 0 Å². The minimum absolute atomic E-state index is 0.0231. The third kappa shape index (κ3) is 6.40. The van der Waals surface area contributed by atoms with Crippen LogP contribution in [0, 0.1) is 0 Å². The molecule has 0 bridgehead atoms. The number of likely N-dealkylation sites (tertiary alicyclic amines) is 1. The SMILES string of the molecule is O=C(CC1CN(Cc2ccccc2)CCO1)NC(Cc1ccccc1)C(=O)N1CCCC1. The molecule has 170 valence electrons. The highest BCUT2D eigenvalue weighted by atomic mass is 16.5. The molecule has 2 aromatic rings. The van der Waals surface area contributed by atoms with Gasteiger partial charge in [-0.3, -0.25) is 14.5 Å². The molecule has 32 heavy (non-hydrogen) atoms. The van der Waals surface area contributed by atoms with E-state index in [4.69, 9.17) is 4.74 Å². The lowest BCUT2D eigenvalue weighted by atomic mass is 10.0. The maximum Gasteiger partial charge on any atom is 0.245 e. The first-order chi connectivity index (χ1) is 15.7. The lowest BCUT2D eigenvalue weighted by Crippen LogP contribution is -2.50. The molecule has 2 unspecified atom stereocenters. The number of nitrogens with zero attached hydrogens (tertiary/aromatic N) is 2. The molecule has 2 saturated heterocycles. The van der Waals surface area contributed by atoms with E-state index in [0.717, 1.165) is 44.6 Å². The van der Waals surface area contributed by atoms with E-state index in [1.165, 1.54) is 5.56 Å². The number of morpholine rings is 1. The van der Waals surface area contributed by atoms with Gasteiger partial charge < -0.3 is 15.0 Å². The summed E-state index contributed by atoms with van der Waals surface area (Å²) in [6.07, 6.45) is 2.68. The Labute approximate surface area is 190 Å². The van der Waals surface area contributed by atoms with Gasteiger partial charge in [-0.25, -0.2) is 0 Å². The molecule has 2 aromatic carbocycles. The Morgan fingerprint density at radius 3 is 2.28 bits per heavy atom. The van der Waals surface area contributed by atoms with Gasteiger partial charge in [-0.05, 0) is 24.0 Å². The minimum Gasteiger partial charge on any atom is -0.375 e. The molecule has 6 nitrogen and oxygen atoms in total. The summed E-state index contributed by atoms with van der Waals surface area (Å²) in [6.45, 7) is 4.60. The highest BCUT2D eigenvalue weighted by Crippen LogP contribution is 2.15. The molecule has 2 heterocycles. The fourth-order valence-electron chi connectivity index (χ4n) is 4.56. The van der Waals surface area contributed by atoms with Crippen LogP contribution in [0.15, 0.2) is 60.7 Å². The Kier molecular flexibility index (Phi) is 7.91. The highest BCUT2D eigenvalue weighted by Gasteiger charge is 2.29. The van der Waals surface area contributed by atoms with Crippen LogP contribution in [0.4, 0.5) is 0 Å². The number of carbonyl (C=O) groups excluding carboxylic acids is 2. The van der Waals surface area contributed by atoms with Gasteiger partial charge in [-0.15, -0.1) is 0 Å². The zero-order chi connectivity index (χ0) is 22.2. The van der Waals surface area contributed by atoms with Crippen molar-refractivity contribution in [2.45, 2.75) is 44.4 Å². The van der Waals surface area contributed by atoms with Crippen molar-refractivity contribution in [1.82, 2.24) is 15.1 Å². The third-order valence-corrected chi connectivity index (χ3v) is 6.22. The zero-order valence-electron chi connectivity index (χ0n) is 18.6. The first kappa shape index (κ1) is 22.5. The molecule has 0 saturated carbocycles. The number of hydrogen-bond acceptors (Lipinski definition) is 4. The van der Waals surface area contributed by atoms with E-state index >= 15 is 0 Å². The van der Waals surface area contributed by atoms with Gasteiger partial charge in [0, 0.05) is 39.1 Å². The first-order valence-electron chi connectivity index (χ1n) is 11.7. The average molecular weight is 436 g/mol. The molecule has 2 atom stereocenters. The molecule has 0 aromatic heterocycles. The summed E-state index contributed by atoms with van der Waals surface area (Å²) >= 11 is 0. The molecule has 6 heteroatoms. The van der Waals surface area contributed by atoms with Gasteiger partial charge >= 0.3 is 0 Å². The smallest absolute Gasteiger partial charge is 0.245 e. The fraction of sp³-hybridized carbons (Fsp3) is 0.462. The number of rotatable bonds is 8. The lowest BCUT2D eigenvalue weighted by Gasteiger charge is -2.33. The van der Waals surface area contributed by atoms with E-state index in [-0.39, 0.29) is 24.3 Å². The second-order valence-electron chi connectivity index (χ2n) is 8.76. The Morgan fingerprint density at radius 1 is 0.938 bits per heavy atom. The van der Waals surface area contributed by atoms with E-state index in [1.807, 2.05) is 53.4 Å². The minimum atomic E-state index is -0.535. The largest absolute Gasteiger partial charge is 0.375 e. The molecule has 0 aliphatic carbocycles. The second kappa shape index (κ2) is 11.2. The monoisotopic (exact) mass is 435 g/mol. The van der Waals surface area contributed by atoms with Crippen LogP contribution >= 0.6 is 0 Å². The Bertz CT molecular complexity index is 868. The summed E-state index contributed by atoms with van der Waals surface area (Å²) in [4.78, 5) is 30.2. The molecule has 4 rings (SSSR count). The summed E-state index contributed by atoms with van der Waals surface area (Å²) in [7, 11) is 0. The van der Waals surface area contributed by atoms with Crippen LogP contribution in [0.25, 0.3) is 0 Å². The number of ether oxygens (including phenoxy) is 1. The van der Waals surface area contributed by atoms with Crippen molar-refractivity contribution < 1.29 is 14.3 Å². The summed E-state index contributed by atoms with van der Waals surface area (Å²) in [5.41, 5.74) is 2.31. The zero-order valence-corrected chi connectivity index (χ0v) is 18.6. The fourth-order valence-corrected chi connectivity index (χ4v) is 4.56. The Morgan fingerprint density at radius 2 is 1.59 bits per heavy atom. The number of amides is 2. The molecule has 2 fully saturated rings. The molecule has 1 N–H and O–H groups in total. The normalized spacial score (nSPS) is 20.1. The van der Waals surface area contributed by atoms with Crippen molar-refractivity contribution in [3.8, 4) is 0 Å². The predicted molar refractivity (Wildman–Crippen MR) is 124 cm³/mol. The quantitative estimate of drug-likeness (QED) is 0.693. The number of carbonyl (C=O) groups is 2. The van der Waals surface area contributed by atoms with Crippen molar-refractivity contribution >= 4 is 11.8 Å². The van der Waals surface area contributed by atoms with Gasteiger partial charge in [0.25, 0.3) is 0 Å². The topological polar surface area (TPSA) is 61.9 Å². The van der Waals surface area contributed by atoms with E-state index < -0.39 is 6.04 Å². The molecule has 2 aliphatic rings. The number of nitrogens with one attached hydrogen (secondary N) is 1. The van der Waals surface area contributed by atoms with Crippen LogP contribution in [0.2, 0.25) is 0 Å². The van der Waals surface area contributed by atoms with Crippen molar-refractivity contribution in [1.29, 1.82) is 0 Å². The summed E-state index contributed by atoms with van der Waals surface area (Å²) in [5, 5.41) is 3.03. The van der Waals surface area contributed by atoms with Gasteiger partial charge in [0.15, 0.2) is 0 Å². The van der Waals surface area contributed by atoms with E-state index in [9.17, 15) is 9.59 Å². The van der Waals surface area contributed by atoms with Gasteiger partial charge in [0.2, 0.25) is 11.8 Å². The second-order valence-corrected chi connectivity index (χ2v) is 8.76. The Hall–Kier alpha value is -2.70. The summed E-state index contributed by atoms with van der Waals surface area (Å²) in [6, 6.07) is 19.7. The maximum atomic E-state index is 13.1. The van der Waals surface area contributed by atoms with E-state index in [0.29, 0.717) is 19.6 Å². The molecule has 2 amide bonds. The van der Waals surface area contributed by atoms with Crippen LogP contribution in [-0.4, -0.2) is 66.5 Å². The van der Waals surface area contributed by atoms with Gasteiger partial charge in [-0.1, -0.05) is 60.7 Å². The maximum absolute atomic E-state index is 13.1. The van der Waals surface area contributed by atoms with E-state index in [2.05, 4.69) is 22.3 Å². The Balaban J connectivity index is 1.34. The van der Waals surface area contributed by atoms with Crippen molar-refractivity contribution in [3.05, 3.63) is 71.8 Å². The molecule has 2 aliphatic heterocycles. The lowest BCUT2D eigenvalue weighted by molar-refractivity contribution is -0.137. The number of hydrogen-bond donors (Lipinski definition) is 1. The molecular formula is C26H33N3O3.